The van der Waals surface area contributed by atoms with Crippen LogP contribution in [-0.4, -0.2) is 16.8 Å². The standard InChI is InChI=1S/C15H15NO3S/c1-9-3-4-11(7-17)5-13(9)16-15(19)14-6-12(8-20-14)10(2)18/h3-6,8,17H,7H2,1-2H3,(H,16,19). The lowest BCUT2D eigenvalue weighted by atomic mass is 10.1. The fraction of sp³-hybridized carbons (Fsp3) is 0.200. The van der Waals surface area contributed by atoms with Crippen molar-refractivity contribution in [2.75, 3.05) is 5.32 Å². The molecule has 0 bridgehead atoms. The van der Waals surface area contributed by atoms with Crippen LogP contribution >= 0.6 is 11.3 Å². The summed E-state index contributed by atoms with van der Waals surface area (Å²) in [7, 11) is 0. The van der Waals surface area contributed by atoms with E-state index in [4.69, 9.17) is 5.11 Å². The lowest BCUT2D eigenvalue weighted by molar-refractivity contribution is 0.101. The minimum absolute atomic E-state index is 0.0567. The molecule has 1 aromatic carbocycles. The topological polar surface area (TPSA) is 66.4 Å². The number of aliphatic hydroxyl groups is 1. The first-order valence-corrected chi connectivity index (χ1v) is 7.00. The maximum atomic E-state index is 12.1. The van der Waals surface area contributed by atoms with Gasteiger partial charge >= 0.3 is 0 Å². The Kier molecular flexibility index (Phi) is 4.32. The smallest absolute Gasteiger partial charge is 0.265 e. The van der Waals surface area contributed by atoms with Crippen LogP contribution in [0.25, 0.3) is 0 Å². The minimum atomic E-state index is -0.249. The molecule has 2 N–H and O–H groups in total. The molecule has 0 saturated heterocycles. The van der Waals surface area contributed by atoms with E-state index < -0.39 is 0 Å². The van der Waals surface area contributed by atoms with Gasteiger partial charge in [0.1, 0.15) is 0 Å². The third-order valence-electron chi connectivity index (χ3n) is 2.96. The molecule has 2 rings (SSSR count). The lowest BCUT2D eigenvalue weighted by Crippen LogP contribution is -2.11. The number of hydrogen-bond donors (Lipinski definition) is 2. The van der Waals surface area contributed by atoms with Crippen LogP contribution in [0.3, 0.4) is 0 Å². The van der Waals surface area contributed by atoms with E-state index in [2.05, 4.69) is 5.32 Å². The van der Waals surface area contributed by atoms with Crippen LogP contribution in [0.5, 0.6) is 0 Å². The van der Waals surface area contributed by atoms with Crippen LogP contribution < -0.4 is 5.32 Å². The largest absolute Gasteiger partial charge is 0.392 e. The molecule has 1 aromatic heterocycles. The zero-order valence-corrected chi connectivity index (χ0v) is 12.1. The molecular formula is C15H15NO3S. The van der Waals surface area contributed by atoms with Crippen molar-refractivity contribution in [1.29, 1.82) is 0 Å². The van der Waals surface area contributed by atoms with Gasteiger partial charge in [-0.05, 0) is 37.1 Å². The van der Waals surface area contributed by atoms with Crippen molar-refractivity contribution in [1.82, 2.24) is 0 Å². The molecule has 0 spiro atoms. The number of ketones is 1. The molecule has 2 aromatic rings. The highest BCUT2D eigenvalue weighted by atomic mass is 32.1. The number of anilines is 1. The second-order valence-electron chi connectivity index (χ2n) is 4.52. The number of benzene rings is 1. The van der Waals surface area contributed by atoms with Crippen molar-refractivity contribution in [3.05, 3.63) is 51.2 Å². The molecule has 0 saturated carbocycles. The molecule has 20 heavy (non-hydrogen) atoms. The molecule has 0 aliphatic rings. The molecule has 1 amide bonds. The molecule has 0 aliphatic carbocycles. The highest BCUT2D eigenvalue weighted by Gasteiger charge is 2.12. The summed E-state index contributed by atoms with van der Waals surface area (Å²) in [5.41, 5.74) is 2.86. The number of amides is 1. The molecular weight excluding hydrogens is 274 g/mol. The summed E-state index contributed by atoms with van der Waals surface area (Å²) in [6, 6.07) is 6.99. The van der Waals surface area contributed by atoms with Crippen LogP contribution in [0.2, 0.25) is 0 Å². The summed E-state index contributed by atoms with van der Waals surface area (Å²) in [6.07, 6.45) is 0. The van der Waals surface area contributed by atoms with E-state index in [9.17, 15) is 9.59 Å². The molecule has 0 unspecified atom stereocenters. The molecule has 4 nitrogen and oxygen atoms in total. The number of rotatable bonds is 4. The zero-order valence-electron chi connectivity index (χ0n) is 11.3. The number of hydrogen-bond acceptors (Lipinski definition) is 4. The van der Waals surface area contributed by atoms with Crippen LogP contribution in [0.4, 0.5) is 5.69 Å². The third-order valence-corrected chi connectivity index (χ3v) is 3.89. The number of aryl methyl sites for hydroxylation is 1. The Balaban J connectivity index is 2.20. The maximum Gasteiger partial charge on any atom is 0.265 e. The predicted octanol–water partition coefficient (Wildman–Crippen LogP) is 3.00. The van der Waals surface area contributed by atoms with Crippen molar-refractivity contribution in [3.8, 4) is 0 Å². The van der Waals surface area contributed by atoms with Gasteiger partial charge in [0, 0.05) is 16.6 Å². The normalized spacial score (nSPS) is 10.3. The van der Waals surface area contributed by atoms with E-state index in [-0.39, 0.29) is 18.3 Å². The zero-order chi connectivity index (χ0) is 14.7. The lowest BCUT2D eigenvalue weighted by Gasteiger charge is -2.09. The Morgan fingerprint density at radius 1 is 1.30 bits per heavy atom. The summed E-state index contributed by atoms with van der Waals surface area (Å²) in [5.74, 6) is -0.306. The van der Waals surface area contributed by atoms with Crippen molar-refractivity contribution < 1.29 is 14.7 Å². The molecule has 0 aliphatic heterocycles. The fourth-order valence-corrected chi connectivity index (χ4v) is 2.57. The highest BCUT2D eigenvalue weighted by molar-refractivity contribution is 7.12. The summed E-state index contributed by atoms with van der Waals surface area (Å²) < 4.78 is 0. The van der Waals surface area contributed by atoms with Crippen LogP contribution in [-0.2, 0) is 6.61 Å². The number of nitrogens with one attached hydrogen (secondary N) is 1. The van der Waals surface area contributed by atoms with Crippen molar-refractivity contribution in [3.63, 3.8) is 0 Å². The SMILES string of the molecule is CC(=O)c1csc(C(=O)Nc2cc(CO)ccc2C)c1. The predicted molar refractivity (Wildman–Crippen MR) is 79.4 cm³/mol. The molecule has 0 fully saturated rings. The Hall–Kier alpha value is -1.98. The van der Waals surface area contributed by atoms with Crippen LogP contribution in [0, 0.1) is 6.92 Å². The number of thiophene rings is 1. The van der Waals surface area contributed by atoms with Gasteiger partial charge in [-0.15, -0.1) is 11.3 Å². The van der Waals surface area contributed by atoms with Crippen molar-refractivity contribution in [2.24, 2.45) is 0 Å². The van der Waals surface area contributed by atoms with E-state index >= 15 is 0 Å². The van der Waals surface area contributed by atoms with E-state index in [0.29, 0.717) is 16.1 Å². The first-order valence-electron chi connectivity index (χ1n) is 6.12. The van der Waals surface area contributed by atoms with Gasteiger partial charge in [-0.1, -0.05) is 12.1 Å². The van der Waals surface area contributed by atoms with Gasteiger partial charge in [-0.3, -0.25) is 9.59 Å². The second kappa shape index (κ2) is 5.98. The average molecular weight is 289 g/mol. The van der Waals surface area contributed by atoms with Gasteiger partial charge in [-0.25, -0.2) is 0 Å². The summed E-state index contributed by atoms with van der Waals surface area (Å²) in [4.78, 5) is 23.8. The van der Waals surface area contributed by atoms with Gasteiger partial charge in [0.2, 0.25) is 0 Å². The van der Waals surface area contributed by atoms with E-state index in [0.717, 1.165) is 11.1 Å². The second-order valence-corrected chi connectivity index (χ2v) is 5.43. The molecule has 104 valence electrons. The Morgan fingerprint density at radius 2 is 2.05 bits per heavy atom. The first kappa shape index (κ1) is 14.4. The Bertz CT molecular complexity index is 661. The monoisotopic (exact) mass is 289 g/mol. The quantitative estimate of drug-likeness (QED) is 0.850. The summed E-state index contributed by atoms with van der Waals surface area (Å²) >= 11 is 1.24. The van der Waals surface area contributed by atoms with E-state index in [1.807, 2.05) is 19.1 Å². The fourth-order valence-electron chi connectivity index (χ4n) is 1.73. The van der Waals surface area contributed by atoms with Crippen LogP contribution in [0.15, 0.2) is 29.6 Å². The average Bonchev–Trinajstić information content (AvgIpc) is 2.91. The third kappa shape index (κ3) is 3.12. The number of carbonyl (C=O) groups is 2. The van der Waals surface area contributed by atoms with Gasteiger partial charge in [0.25, 0.3) is 5.91 Å². The van der Waals surface area contributed by atoms with Gasteiger partial charge in [-0.2, -0.15) is 0 Å². The van der Waals surface area contributed by atoms with Gasteiger partial charge in [0.05, 0.1) is 11.5 Å². The molecule has 5 heteroatoms. The van der Waals surface area contributed by atoms with Crippen molar-refractivity contribution >= 4 is 28.7 Å². The molecule has 1 heterocycles. The summed E-state index contributed by atoms with van der Waals surface area (Å²) in [6.45, 7) is 3.28. The van der Waals surface area contributed by atoms with Gasteiger partial charge in [0.15, 0.2) is 5.78 Å². The van der Waals surface area contributed by atoms with E-state index in [1.165, 1.54) is 18.3 Å². The Labute approximate surface area is 121 Å². The molecule has 0 atom stereocenters. The number of aliphatic hydroxyl groups excluding tert-OH is 1. The maximum absolute atomic E-state index is 12.1. The van der Waals surface area contributed by atoms with E-state index in [1.54, 1.807) is 17.5 Å². The first-order chi connectivity index (χ1) is 9.51. The van der Waals surface area contributed by atoms with Gasteiger partial charge < -0.3 is 10.4 Å². The van der Waals surface area contributed by atoms with Crippen molar-refractivity contribution in [2.45, 2.75) is 20.5 Å². The summed E-state index contributed by atoms with van der Waals surface area (Å²) in [5, 5.41) is 13.6. The highest BCUT2D eigenvalue weighted by Crippen LogP contribution is 2.20. The molecule has 0 radical (unpaired) electrons. The number of carbonyl (C=O) groups excluding carboxylic acids is 2. The number of Topliss-reactive ketones (excluding diaryl/α,β-unsaturated/α-hetero) is 1. The minimum Gasteiger partial charge on any atom is -0.392 e. The van der Waals surface area contributed by atoms with Crippen LogP contribution in [0.1, 0.15) is 38.1 Å². The Morgan fingerprint density at radius 3 is 2.65 bits per heavy atom.